The summed E-state index contributed by atoms with van der Waals surface area (Å²) < 4.78 is 0. The number of carboxylic acid groups (broad SMARTS) is 1. The normalized spacial score (nSPS) is 18.9. The molecule has 0 aromatic rings. The topological polar surface area (TPSA) is 78.4 Å². The predicted octanol–water partition coefficient (Wildman–Crippen LogP) is 1.29. The van der Waals surface area contributed by atoms with Crippen molar-refractivity contribution in [2.24, 2.45) is 5.41 Å². The lowest BCUT2D eigenvalue weighted by molar-refractivity contribution is -0.153. The highest BCUT2D eigenvalue weighted by molar-refractivity contribution is 7.99. The van der Waals surface area contributed by atoms with Gasteiger partial charge in [-0.05, 0) is 19.1 Å². The Kier molecular flexibility index (Phi) is 5.11. The molecule has 1 aliphatic carbocycles. The van der Waals surface area contributed by atoms with Gasteiger partial charge in [0.2, 0.25) is 0 Å². The summed E-state index contributed by atoms with van der Waals surface area (Å²) in [4.78, 5) is 22.5. The van der Waals surface area contributed by atoms with Crippen LogP contribution in [0.15, 0.2) is 0 Å². The SMILES string of the molecule is CSC(C)CNC(=O)NCC1(C(=O)O)CCC1. The minimum absolute atomic E-state index is 0.224. The summed E-state index contributed by atoms with van der Waals surface area (Å²) in [6.07, 6.45) is 4.23. The van der Waals surface area contributed by atoms with Crippen LogP contribution in [0.2, 0.25) is 0 Å². The number of urea groups is 1. The van der Waals surface area contributed by atoms with E-state index in [4.69, 9.17) is 5.11 Å². The van der Waals surface area contributed by atoms with Crippen LogP contribution >= 0.6 is 11.8 Å². The van der Waals surface area contributed by atoms with Gasteiger partial charge in [0.25, 0.3) is 0 Å². The third-order valence-electron chi connectivity index (χ3n) is 3.30. The van der Waals surface area contributed by atoms with Gasteiger partial charge < -0.3 is 15.7 Å². The first-order chi connectivity index (χ1) is 8.00. The van der Waals surface area contributed by atoms with E-state index in [0.29, 0.717) is 24.6 Å². The van der Waals surface area contributed by atoms with E-state index in [1.165, 1.54) is 0 Å². The summed E-state index contributed by atoms with van der Waals surface area (Å²) in [7, 11) is 0. The summed E-state index contributed by atoms with van der Waals surface area (Å²) in [5.41, 5.74) is -0.720. The van der Waals surface area contributed by atoms with Gasteiger partial charge in [0, 0.05) is 18.3 Å². The molecule has 0 aliphatic heterocycles. The van der Waals surface area contributed by atoms with Crippen molar-refractivity contribution in [3.8, 4) is 0 Å². The molecule has 0 radical (unpaired) electrons. The van der Waals surface area contributed by atoms with E-state index in [-0.39, 0.29) is 12.6 Å². The van der Waals surface area contributed by atoms with Gasteiger partial charge in [-0.3, -0.25) is 4.79 Å². The van der Waals surface area contributed by atoms with Gasteiger partial charge in [0.15, 0.2) is 0 Å². The van der Waals surface area contributed by atoms with Crippen LogP contribution in [0, 0.1) is 5.41 Å². The second kappa shape index (κ2) is 6.14. The Labute approximate surface area is 106 Å². The molecule has 0 spiro atoms. The molecule has 1 rings (SSSR count). The molecule has 0 aromatic carbocycles. The Morgan fingerprint density at radius 3 is 2.47 bits per heavy atom. The average Bonchev–Trinajstić information content (AvgIpc) is 2.23. The quantitative estimate of drug-likeness (QED) is 0.672. The minimum Gasteiger partial charge on any atom is -0.481 e. The third kappa shape index (κ3) is 3.80. The van der Waals surface area contributed by atoms with E-state index in [0.717, 1.165) is 6.42 Å². The lowest BCUT2D eigenvalue weighted by Crippen LogP contribution is -2.50. The number of rotatable bonds is 6. The molecule has 6 heteroatoms. The van der Waals surface area contributed by atoms with Crippen LogP contribution < -0.4 is 10.6 Å². The zero-order valence-corrected chi connectivity index (χ0v) is 11.1. The molecule has 1 saturated carbocycles. The molecule has 2 amide bonds. The molecule has 0 aromatic heterocycles. The lowest BCUT2D eigenvalue weighted by Gasteiger charge is -2.37. The van der Waals surface area contributed by atoms with Crippen molar-refractivity contribution in [2.75, 3.05) is 19.3 Å². The molecule has 3 N–H and O–H groups in total. The highest BCUT2D eigenvalue weighted by Gasteiger charge is 2.44. The Morgan fingerprint density at radius 2 is 2.06 bits per heavy atom. The highest BCUT2D eigenvalue weighted by atomic mass is 32.2. The van der Waals surface area contributed by atoms with E-state index < -0.39 is 11.4 Å². The van der Waals surface area contributed by atoms with Gasteiger partial charge in [-0.1, -0.05) is 13.3 Å². The zero-order valence-electron chi connectivity index (χ0n) is 10.3. The van der Waals surface area contributed by atoms with Crippen molar-refractivity contribution in [2.45, 2.75) is 31.4 Å². The van der Waals surface area contributed by atoms with Crippen LogP contribution in [0.5, 0.6) is 0 Å². The van der Waals surface area contributed by atoms with Crippen LogP contribution in [-0.2, 0) is 4.79 Å². The Morgan fingerprint density at radius 1 is 1.41 bits per heavy atom. The number of amides is 2. The predicted molar refractivity (Wildman–Crippen MR) is 68.3 cm³/mol. The van der Waals surface area contributed by atoms with Gasteiger partial charge in [-0.25, -0.2) is 4.79 Å². The van der Waals surface area contributed by atoms with Gasteiger partial charge in [0.1, 0.15) is 0 Å². The number of hydrogen-bond acceptors (Lipinski definition) is 3. The first kappa shape index (κ1) is 14.2. The molecule has 0 bridgehead atoms. The standard InChI is InChI=1S/C11H20N2O3S/c1-8(17-2)6-12-10(16)13-7-11(9(14)15)4-3-5-11/h8H,3-7H2,1-2H3,(H,14,15)(H2,12,13,16). The van der Waals surface area contributed by atoms with Crippen LogP contribution in [0.4, 0.5) is 4.79 Å². The summed E-state index contributed by atoms with van der Waals surface area (Å²) in [5, 5.41) is 14.8. The number of thioether (sulfide) groups is 1. The first-order valence-corrected chi connectivity index (χ1v) is 7.07. The number of carbonyl (C=O) groups is 2. The molecule has 0 saturated heterocycles. The molecule has 1 aliphatic rings. The smallest absolute Gasteiger partial charge is 0.314 e. The van der Waals surface area contributed by atoms with Crippen LogP contribution in [0.1, 0.15) is 26.2 Å². The summed E-state index contributed by atoms with van der Waals surface area (Å²) in [6.45, 7) is 2.84. The van der Waals surface area contributed by atoms with Crippen LogP contribution in [0.3, 0.4) is 0 Å². The molecular weight excluding hydrogens is 240 g/mol. The van der Waals surface area contributed by atoms with Crippen molar-refractivity contribution in [3.63, 3.8) is 0 Å². The Hall–Kier alpha value is -0.910. The monoisotopic (exact) mass is 260 g/mol. The maximum atomic E-state index is 11.4. The number of carbonyl (C=O) groups excluding carboxylic acids is 1. The molecule has 17 heavy (non-hydrogen) atoms. The Bertz CT molecular complexity index is 292. The number of aliphatic carboxylic acids is 1. The largest absolute Gasteiger partial charge is 0.481 e. The summed E-state index contributed by atoms with van der Waals surface area (Å²) >= 11 is 1.67. The zero-order chi connectivity index (χ0) is 12.9. The Balaban J connectivity index is 2.25. The first-order valence-electron chi connectivity index (χ1n) is 5.78. The van der Waals surface area contributed by atoms with Crippen molar-refractivity contribution in [1.82, 2.24) is 10.6 Å². The van der Waals surface area contributed by atoms with Gasteiger partial charge in [-0.15, -0.1) is 0 Å². The second-order valence-electron chi connectivity index (χ2n) is 4.55. The molecule has 5 nitrogen and oxygen atoms in total. The molecule has 1 unspecified atom stereocenters. The van der Waals surface area contributed by atoms with Crippen molar-refractivity contribution < 1.29 is 14.7 Å². The fourth-order valence-corrected chi connectivity index (χ4v) is 1.95. The molecule has 1 fully saturated rings. The second-order valence-corrected chi connectivity index (χ2v) is 5.83. The fourth-order valence-electron chi connectivity index (χ4n) is 1.70. The lowest BCUT2D eigenvalue weighted by atomic mass is 9.69. The average molecular weight is 260 g/mol. The van der Waals surface area contributed by atoms with Crippen LogP contribution in [0.25, 0.3) is 0 Å². The van der Waals surface area contributed by atoms with Crippen LogP contribution in [-0.4, -0.2) is 41.7 Å². The van der Waals surface area contributed by atoms with E-state index >= 15 is 0 Å². The fraction of sp³-hybridized carbons (Fsp3) is 0.818. The van der Waals surface area contributed by atoms with Gasteiger partial charge >= 0.3 is 12.0 Å². The third-order valence-corrected chi connectivity index (χ3v) is 4.28. The van der Waals surface area contributed by atoms with E-state index in [9.17, 15) is 9.59 Å². The van der Waals surface area contributed by atoms with Crippen molar-refractivity contribution in [3.05, 3.63) is 0 Å². The molecule has 98 valence electrons. The maximum Gasteiger partial charge on any atom is 0.314 e. The van der Waals surface area contributed by atoms with Gasteiger partial charge in [0.05, 0.1) is 5.41 Å². The van der Waals surface area contributed by atoms with E-state index in [1.807, 2.05) is 13.2 Å². The number of hydrogen-bond donors (Lipinski definition) is 3. The van der Waals surface area contributed by atoms with Gasteiger partial charge in [-0.2, -0.15) is 11.8 Å². The van der Waals surface area contributed by atoms with Crippen molar-refractivity contribution >= 4 is 23.8 Å². The van der Waals surface area contributed by atoms with E-state index in [2.05, 4.69) is 10.6 Å². The number of nitrogens with one attached hydrogen (secondary N) is 2. The van der Waals surface area contributed by atoms with Crippen molar-refractivity contribution in [1.29, 1.82) is 0 Å². The highest BCUT2D eigenvalue weighted by Crippen LogP contribution is 2.40. The summed E-state index contributed by atoms with van der Waals surface area (Å²) in [5.74, 6) is -0.804. The molecular formula is C11H20N2O3S. The molecule has 0 heterocycles. The maximum absolute atomic E-state index is 11.4. The minimum atomic E-state index is -0.804. The summed E-state index contributed by atoms with van der Waals surface area (Å²) in [6, 6.07) is -0.279. The number of carboxylic acids is 1. The van der Waals surface area contributed by atoms with E-state index in [1.54, 1.807) is 11.8 Å². The molecule has 1 atom stereocenters.